The van der Waals surface area contributed by atoms with Gasteiger partial charge >= 0.3 is 0 Å². The predicted octanol–water partition coefficient (Wildman–Crippen LogP) is 12.9. The van der Waals surface area contributed by atoms with Crippen molar-refractivity contribution in [2.75, 3.05) is 13.2 Å². The molecule has 0 fully saturated rings. The molecule has 0 aromatic heterocycles. The van der Waals surface area contributed by atoms with Gasteiger partial charge in [-0.25, -0.2) is 0 Å². The fraction of sp³-hybridized carbons (Fsp3) is 1.00. The number of hydrogen-bond donors (Lipinski definition) is 0. The predicted molar refractivity (Wildman–Crippen MR) is 170 cm³/mol. The molecule has 0 saturated carbocycles. The third-order valence-electron chi connectivity index (χ3n) is 9.53. The van der Waals surface area contributed by atoms with E-state index in [1.807, 2.05) is 0 Å². The summed E-state index contributed by atoms with van der Waals surface area (Å²) in [6.07, 6.45) is 30.4. The van der Waals surface area contributed by atoms with Crippen LogP contribution < -0.4 is 0 Å². The maximum Gasteiger partial charge on any atom is 0.0468 e. The normalized spacial score (nSPS) is 14.3. The molecule has 0 aliphatic heterocycles. The Labute approximate surface area is 237 Å². The zero-order valence-corrected chi connectivity index (χ0v) is 27.5. The van der Waals surface area contributed by atoms with Crippen LogP contribution in [0.3, 0.4) is 0 Å². The molecular weight excluding hydrogens is 448 g/mol. The molecule has 0 rings (SSSR count). The molecule has 1 heteroatoms. The zero-order chi connectivity index (χ0) is 27.8. The van der Waals surface area contributed by atoms with Crippen LogP contribution in [0.5, 0.6) is 0 Å². The molecule has 224 valence electrons. The van der Waals surface area contributed by atoms with Crippen molar-refractivity contribution in [3.8, 4) is 0 Å². The molecule has 0 N–H and O–H groups in total. The standard InChI is InChI=1S/C36H74O/c1-9-13-15-17-19-21-23-25-33(35(5,6)29-11-3)27-31-37-32-28-34(36(7,8)30-12-4)26-24-22-20-18-16-14-10-2/h33-34H,9-32H2,1-8H3. The van der Waals surface area contributed by atoms with Crippen LogP contribution in [0, 0.1) is 22.7 Å². The summed E-state index contributed by atoms with van der Waals surface area (Å²) in [6, 6.07) is 0. The Bertz CT molecular complexity index is 423. The molecule has 1 nitrogen and oxygen atoms in total. The van der Waals surface area contributed by atoms with Gasteiger partial charge in [0.2, 0.25) is 0 Å². The van der Waals surface area contributed by atoms with E-state index < -0.39 is 0 Å². The highest BCUT2D eigenvalue weighted by Crippen LogP contribution is 2.39. The van der Waals surface area contributed by atoms with Crippen LogP contribution >= 0.6 is 0 Å². The van der Waals surface area contributed by atoms with Gasteiger partial charge in [-0.2, -0.15) is 0 Å². The fourth-order valence-corrected chi connectivity index (χ4v) is 6.80. The van der Waals surface area contributed by atoms with Gasteiger partial charge in [0.15, 0.2) is 0 Å². The molecular formula is C36H74O. The first-order valence-corrected chi connectivity index (χ1v) is 17.3. The third-order valence-corrected chi connectivity index (χ3v) is 9.53. The molecule has 0 heterocycles. The monoisotopic (exact) mass is 523 g/mol. The van der Waals surface area contributed by atoms with Crippen LogP contribution in [-0.2, 0) is 4.74 Å². The van der Waals surface area contributed by atoms with E-state index in [1.165, 1.54) is 141 Å². The molecule has 0 aromatic rings. The summed E-state index contributed by atoms with van der Waals surface area (Å²) in [5.41, 5.74) is 0.895. The van der Waals surface area contributed by atoms with E-state index >= 15 is 0 Å². The largest absolute Gasteiger partial charge is 0.381 e. The Kier molecular flexibility index (Phi) is 23.8. The van der Waals surface area contributed by atoms with Gasteiger partial charge in [0.05, 0.1) is 0 Å². The quantitative estimate of drug-likeness (QED) is 0.0928. The van der Waals surface area contributed by atoms with Crippen molar-refractivity contribution in [1.29, 1.82) is 0 Å². The van der Waals surface area contributed by atoms with E-state index in [2.05, 4.69) is 55.4 Å². The molecule has 0 amide bonds. The number of rotatable bonds is 28. The van der Waals surface area contributed by atoms with E-state index in [0.717, 1.165) is 25.0 Å². The summed E-state index contributed by atoms with van der Waals surface area (Å²) < 4.78 is 6.38. The molecule has 0 radical (unpaired) electrons. The average molecular weight is 523 g/mol. The number of unbranched alkanes of at least 4 members (excludes halogenated alkanes) is 12. The Morgan fingerprint density at radius 3 is 1.05 bits per heavy atom. The molecule has 0 saturated heterocycles. The maximum atomic E-state index is 6.38. The van der Waals surface area contributed by atoms with Crippen LogP contribution in [0.15, 0.2) is 0 Å². The van der Waals surface area contributed by atoms with E-state index in [4.69, 9.17) is 4.74 Å². The van der Waals surface area contributed by atoms with E-state index in [9.17, 15) is 0 Å². The van der Waals surface area contributed by atoms with E-state index in [-0.39, 0.29) is 0 Å². The summed E-state index contributed by atoms with van der Waals surface area (Å²) in [7, 11) is 0. The molecule has 2 atom stereocenters. The van der Waals surface area contributed by atoms with Gasteiger partial charge in [0.1, 0.15) is 0 Å². The van der Waals surface area contributed by atoms with Crippen molar-refractivity contribution in [2.24, 2.45) is 22.7 Å². The van der Waals surface area contributed by atoms with Crippen LogP contribution in [0.2, 0.25) is 0 Å². The molecule has 0 spiro atoms. The zero-order valence-electron chi connectivity index (χ0n) is 27.5. The first-order valence-electron chi connectivity index (χ1n) is 17.3. The topological polar surface area (TPSA) is 9.23 Å². The first kappa shape index (κ1) is 37.0. The minimum atomic E-state index is 0.448. The van der Waals surface area contributed by atoms with Crippen molar-refractivity contribution < 1.29 is 4.74 Å². The van der Waals surface area contributed by atoms with Gasteiger partial charge in [0.25, 0.3) is 0 Å². The second kappa shape index (κ2) is 23.8. The van der Waals surface area contributed by atoms with Crippen LogP contribution in [0.25, 0.3) is 0 Å². The molecule has 0 aliphatic rings. The van der Waals surface area contributed by atoms with Crippen molar-refractivity contribution in [3.05, 3.63) is 0 Å². The first-order chi connectivity index (χ1) is 17.7. The number of ether oxygens (including phenoxy) is 1. The van der Waals surface area contributed by atoms with Crippen LogP contribution in [0.4, 0.5) is 0 Å². The fourth-order valence-electron chi connectivity index (χ4n) is 6.80. The Hall–Kier alpha value is -0.0400. The molecule has 37 heavy (non-hydrogen) atoms. The minimum absolute atomic E-state index is 0.448. The summed E-state index contributed by atoms with van der Waals surface area (Å²) in [4.78, 5) is 0. The molecule has 0 aromatic carbocycles. The highest BCUT2D eigenvalue weighted by atomic mass is 16.5. The highest BCUT2D eigenvalue weighted by Gasteiger charge is 2.29. The van der Waals surface area contributed by atoms with Crippen molar-refractivity contribution in [1.82, 2.24) is 0 Å². The second-order valence-electron chi connectivity index (χ2n) is 13.9. The average Bonchev–Trinajstić information content (AvgIpc) is 2.84. The highest BCUT2D eigenvalue weighted by molar-refractivity contribution is 4.80. The maximum absolute atomic E-state index is 6.38. The molecule has 0 aliphatic carbocycles. The van der Waals surface area contributed by atoms with E-state index in [0.29, 0.717) is 10.8 Å². The Morgan fingerprint density at radius 1 is 0.405 bits per heavy atom. The summed E-state index contributed by atoms with van der Waals surface area (Å²) in [5, 5.41) is 0. The van der Waals surface area contributed by atoms with Gasteiger partial charge in [-0.3, -0.25) is 0 Å². The lowest BCUT2D eigenvalue weighted by Crippen LogP contribution is -2.27. The van der Waals surface area contributed by atoms with E-state index in [1.54, 1.807) is 0 Å². The van der Waals surface area contributed by atoms with Crippen LogP contribution in [0.1, 0.15) is 197 Å². The second-order valence-corrected chi connectivity index (χ2v) is 13.9. The molecule has 0 bridgehead atoms. The minimum Gasteiger partial charge on any atom is -0.381 e. The van der Waals surface area contributed by atoms with Crippen LogP contribution in [-0.4, -0.2) is 13.2 Å². The Morgan fingerprint density at radius 2 is 0.730 bits per heavy atom. The lowest BCUT2D eigenvalue weighted by atomic mass is 9.71. The Balaban J connectivity index is 4.53. The van der Waals surface area contributed by atoms with Gasteiger partial charge in [-0.15, -0.1) is 0 Å². The summed E-state index contributed by atoms with van der Waals surface area (Å²) in [5.74, 6) is 1.62. The van der Waals surface area contributed by atoms with Crippen molar-refractivity contribution in [3.63, 3.8) is 0 Å². The third kappa shape index (κ3) is 19.6. The lowest BCUT2D eigenvalue weighted by Gasteiger charge is -2.36. The lowest BCUT2D eigenvalue weighted by molar-refractivity contribution is 0.0585. The summed E-state index contributed by atoms with van der Waals surface area (Å²) >= 11 is 0. The SMILES string of the molecule is CCCCCCCCCC(CCOCCC(CCCCCCCCC)C(C)(C)CCC)C(C)(C)CCC. The van der Waals surface area contributed by atoms with Gasteiger partial charge in [0, 0.05) is 13.2 Å². The number of hydrogen-bond acceptors (Lipinski definition) is 1. The van der Waals surface area contributed by atoms with Crippen molar-refractivity contribution >= 4 is 0 Å². The van der Waals surface area contributed by atoms with Gasteiger partial charge in [-0.1, -0.05) is 158 Å². The van der Waals surface area contributed by atoms with Gasteiger partial charge in [-0.05, 0) is 61.2 Å². The molecule has 2 unspecified atom stereocenters. The summed E-state index contributed by atoms with van der Waals surface area (Å²) in [6.45, 7) is 21.3. The van der Waals surface area contributed by atoms with Gasteiger partial charge < -0.3 is 4.74 Å². The van der Waals surface area contributed by atoms with Crippen molar-refractivity contribution in [2.45, 2.75) is 197 Å². The smallest absolute Gasteiger partial charge is 0.0468 e.